The number of urea groups is 1. The Morgan fingerprint density at radius 2 is 1.86 bits per heavy atom. The van der Waals surface area contributed by atoms with E-state index in [0.29, 0.717) is 13.0 Å². The van der Waals surface area contributed by atoms with Gasteiger partial charge in [-0.25, -0.2) is 9.59 Å². The molecule has 5 heteroatoms. The zero-order valence-corrected chi connectivity index (χ0v) is 13.1. The van der Waals surface area contributed by atoms with E-state index >= 15 is 0 Å². The summed E-state index contributed by atoms with van der Waals surface area (Å²) in [5.41, 5.74) is 0.797. The SMILES string of the molecule is CCN(C(=O)N[C@H](CC(C)C)C(=O)OC)c1ccccc1. The number of hydrogen-bond acceptors (Lipinski definition) is 3. The smallest absolute Gasteiger partial charge is 0.328 e. The molecule has 1 aromatic carbocycles. The van der Waals surface area contributed by atoms with E-state index in [4.69, 9.17) is 4.74 Å². The van der Waals surface area contributed by atoms with E-state index < -0.39 is 12.0 Å². The summed E-state index contributed by atoms with van der Waals surface area (Å²) in [6, 6.07) is 8.44. The van der Waals surface area contributed by atoms with Gasteiger partial charge in [-0.2, -0.15) is 0 Å². The Balaban J connectivity index is 2.81. The summed E-state index contributed by atoms with van der Waals surface area (Å²) in [5, 5.41) is 2.76. The van der Waals surface area contributed by atoms with Crippen LogP contribution < -0.4 is 10.2 Å². The average Bonchev–Trinajstić information content (AvgIpc) is 2.47. The number of benzene rings is 1. The van der Waals surface area contributed by atoms with Crippen LogP contribution in [-0.4, -0.2) is 31.7 Å². The molecular formula is C16H24N2O3. The van der Waals surface area contributed by atoms with Crippen LogP contribution in [0.4, 0.5) is 10.5 Å². The number of para-hydroxylation sites is 1. The van der Waals surface area contributed by atoms with Crippen molar-refractivity contribution in [3.63, 3.8) is 0 Å². The molecule has 0 radical (unpaired) electrons. The van der Waals surface area contributed by atoms with E-state index in [1.165, 1.54) is 7.11 Å². The van der Waals surface area contributed by atoms with E-state index in [9.17, 15) is 9.59 Å². The number of nitrogens with one attached hydrogen (secondary N) is 1. The number of methoxy groups -OCH3 is 1. The molecule has 1 rings (SSSR count). The number of nitrogens with zero attached hydrogens (tertiary/aromatic N) is 1. The third-order valence-corrected chi connectivity index (χ3v) is 3.12. The fourth-order valence-electron chi connectivity index (χ4n) is 2.11. The lowest BCUT2D eigenvalue weighted by Crippen LogP contribution is -2.49. The van der Waals surface area contributed by atoms with Gasteiger partial charge in [-0.3, -0.25) is 4.90 Å². The first-order valence-corrected chi connectivity index (χ1v) is 7.20. The van der Waals surface area contributed by atoms with Gasteiger partial charge >= 0.3 is 12.0 Å². The number of esters is 1. The normalized spacial score (nSPS) is 11.9. The predicted molar refractivity (Wildman–Crippen MR) is 83.3 cm³/mol. The molecule has 1 atom stereocenters. The maximum atomic E-state index is 12.4. The second kappa shape index (κ2) is 8.29. The van der Waals surface area contributed by atoms with E-state index in [-0.39, 0.29) is 11.9 Å². The first kappa shape index (κ1) is 17.0. The number of carbonyl (C=O) groups excluding carboxylic acids is 2. The lowest BCUT2D eigenvalue weighted by molar-refractivity contribution is -0.143. The van der Waals surface area contributed by atoms with Gasteiger partial charge in [0, 0.05) is 12.2 Å². The Hall–Kier alpha value is -2.04. The highest BCUT2D eigenvalue weighted by Crippen LogP contribution is 2.14. The molecule has 0 unspecified atom stereocenters. The third-order valence-electron chi connectivity index (χ3n) is 3.12. The van der Waals surface area contributed by atoms with Crippen molar-refractivity contribution in [2.75, 3.05) is 18.6 Å². The van der Waals surface area contributed by atoms with Crippen molar-refractivity contribution in [1.29, 1.82) is 0 Å². The summed E-state index contributed by atoms with van der Waals surface area (Å²) in [5.74, 6) is -0.137. The van der Waals surface area contributed by atoms with Gasteiger partial charge in [0.1, 0.15) is 6.04 Å². The minimum Gasteiger partial charge on any atom is -0.467 e. The van der Waals surface area contributed by atoms with Gasteiger partial charge in [-0.1, -0.05) is 32.0 Å². The van der Waals surface area contributed by atoms with Crippen LogP contribution in [0.1, 0.15) is 27.2 Å². The largest absolute Gasteiger partial charge is 0.467 e. The molecule has 5 nitrogen and oxygen atoms in total. The Kier molecular flexibility index (Phi) is 6.72. The fraction of sp³-hybridized carbons (Fsp3) is 0.500. The molecule has 1 N–H and O–H groups in total. The van der Waals surface area contributed by atoms with Crippen LogP contribution in [0.2, 0.25) is 0 Å². The molecule has 0 spiro atoms. The molecule has 2 amide bonds. The molecule has 116 valence electrons. The monoisotopic (exact) mass is 292 g/mol. The van der Waals surface area contributed by atoms with Crippen molar-refractivity contribution in [2.45, 2.75) is 33.2 Å². The molecule has 0 aliphatic rings. The van der Waals surface area contributed by atoms with Crippen LogP contribution in [0.15, 0.2) is 30.3 Å². The highest BCUT2D eigenvalue weighted by molar-refractivity contribution is 5.94. The summed E-state index contributed by atoms with van der Waals surface area (Å²) in [6.45, 7) is 6.40. The maximum Gasteiger partial charge on any atom is 0.328 e. The second-order valence-corrected chi connectivity index (χ2v) is 5.23. The van der Waals surface area contributed by atoms with Crippen molar-refractivity contribution in [3.05, 3.63) is 30.3 Å². The van der Waals surface area contributed by atoms with E-state index in [2.05, 4.69) is 5.32 Å². The van der Waals surface area contributed by atoms with Crippen LogP contribution in [0.25, 0.3) is 0 Å². The van der Waals surface area contributed by atoms with Gasteiger partial charge in [-0.15, -0.1) is 0 Å². The Labute approximate surface area is 126 Å². The average molecular weight is 292 g/mol. The number of amides is 2. The van der Waals surface area contributed by atoms with Gasteiger partial charge in [0.25, 0.3) is 0 Å². The number of ether oxygens (including phenoxy) is 1. The highest BCUT2D eigenvalue weighted by atomic mass is 16.5. The number of carbonyl (C=O) groups is 2. The predicted octanol–water partition coefficient (Wildman–Crippen LogP) is 2.81. The van der Waals surface area contributed by atoms with E-state index in [1.807, 2.05) is 51.1 Å². The molecule has 0 fully saturated rings. The molecule has 0 aliphatic carbocycles. The summed E-state index contributed by atoms with van der Waals surface area (Å²) >= 11 is 0. The zero-order chi connectivity index (χ0) is 15.8. The van der Waals surface area contributed by atoms with Crippen LogP contribution in [-0.2, 0) is 9.53 Å². The summed E-state index contributed by atoms with van der Waals surface area (Å²) < 4.78 is 4.76. The van der Waals surface area contributed by atoms with Gasteiger partial charge in [0.05, 0.1) is 7.11 Å². The van der Waals surface area contributed by atoms with E-state index in [1.54, 1.807) is 4.90 Å². The van der Waals surface area contributed by atoms with Crippen molar-refractivity contribution in [2.24, 2.45) is 5.92 Å². The van der Waals surface area contributed by atoms with Gasteiger partial charge in [0.15, 0.2) is 0 Å². The first-order chi connectivity index (χ1) is 9.99. The minimum atomic E-state index is -0.625. The zero-order valence-electron chi connectivity index (χ0n) is 13.1. The van der Waals surface area contributed by atoms with Crippen LogP contribution in [0, 0.1) is 5.92 Å². The first-order valence-electron chi connectivity index (χ1n) is 7.20. The summed E-state index contributed by atoms with van der Waals surface area (Å²) in [7, 11) is 1.33. The van der Waals surface area contributed by atoms with Gasteiger partial charge in [0.2, 0.25) is 0 Å². The van der Waals surface area contributed by atoms with Crippen LogP contribution >= 0.6 is 0 Å². The maximum absolute atomic E-state index is 12.4. The van der Waals surface area contributed by atoms with Crippen molar-refractivity contribution in [3.8, 4) is 0 Å². The topological polar surface area (TPSA) is 58.6 Å². The molecule has 0 bridgehead atoms. The number of anilines is 1. The molecule has 0 saturated carbocycles. The van der Waals surface area contributed by atoms with Crippen molar-refractivity contribution < 1.29 is 14.3 Å². The van der Waals surface area contributed by atoms with Crippen LogP contribution in [0.3, 0.4) is 0 Å². The molecule has 1 aromatic rings. The summed E-state index contributed by atoms with van der Waals surface area (Å²) in [4.78, 5) is 25.8. The van der Waals surface area contributed by atoms with Crippen molar-refractivity contribution >= 4 is 17.7 Å². The van der Waals surface area contributed by atoms with Crippen molar-refractivity contribution in [1.82, 2.24) is 5.32 Å². The second-order valence-electron chi connectivity index (χ2n) is 5.23. The third kappa shape index (κ3) is 5.10. The molecule has 0 aromatic heterocycles. The fourth-order valence-corrected chi connectivity index (χ4v) is 2.11. The standard InChI is InChI=1S/C16H24N2O3/c1-5-18(13-9-7-6-8-10-13)16(20)17-14(11-12(2)3)15(19)21-4/h6-10,12,14H,5,11H2,1-4H3,(H,17,20)/t14-/m1/s1. The molecule has 21 heavy (non-hydrogen) atoms. The summed E-state index contributed by atoms with van der Waals surface area (Å²) in [6.07, 6.45) is 0.546. The molecule has 0 heterocycles. The quantitative estimate of drug-likeness (QED) is 0.820. The van der Waals surface area contributed by atoms with Gasteiger partial charge in [-0.05, 0) is 31.4 Å². The van der Waals surface area contributed by atoms with E-state index in [0.717, 1.165) is 5.69 Å². The number of rotatable bonds is 6. The van der Waals surface area contributed by atoms with Crippen LogP contribution in [0.5, 0.6) is 0 Å². The highest BCUT2D eigenvalue weighted by Gasteiger charge is 2.25. The Morgan fingerprint density at radius 3 is 2.33 bits per heavy atom. The Morgan fingerprint density at radius 1 is 1.24 bits per heavy atom. The Bertz CT molecular complexity index is 460. The number of hydrogen-bond donors (Lipinski definition) is 1. The lowest BCUT2D eigenvalue weighted by Gasteiger charge is -2.25. The molecular weight excluding hydrogens is 268 g/mol. The molecule has 0 saturated heterocycles. The molecule has 0 aliphatic heterocycles. The minimum absolute atomic E-state index is 0.279. The lowest BCUT2D eigenvalue weighted by atomic mass is 10.0. The van der Waals surface area contributed by atoms with Gasteiger partial charge < -0.3 is 10.1 Å².